The molecule has 16 nitrogen and oxygen atoms in total. The fourth-order valence-electron chi connectivity index (χ4n) is 6.17. The van der Waals surface area contributed by atoms with Crippen molar-refractivity contribution < 1.29 is 35.1 Å². The predicted octanol–water partition coefficient (Wildman–Crippen LogP) is 6.59. The number of aromatic nitrogens is 4. The summed E-state index contributed by atoms with van der Waals surface area (Å²) < 4.78 is 70.2. The third-order valence-electron chi connectivity index (χ3n) is 9.77. The number of hydrogen-bond acceptors (Lipinski definition) is 12. The number of anilines is 2. The van der Waals surface area contributed by atoms with Crippen LogP contribution in [0.25, 0.3) is 0 Å². The van der Waals surface area contributed by atoms with Crippen molar-refractivity contribution in [2.75, 3.05) is 36.0 Å². The first-order valence-corrected chi connectivity index (χ1v) is 21.7. The van der Waals surface area contributed by atoms with E-state index < -0.39 is 20.2 Å². The number of nitrogens with zero attached hydrogens (tertiary/aromatic N) is 10. The zero-order valence-corrected chi connectivity index (χ0v) is 36.6. The second-order valence-corrected chi connectivity index (χ2v) is 17.2. The average molecular weight is 855 g/mol. The smallest absolute Gasteiger partial charge is 0.421 e. The molecule has 0 bridgehead atoms. The highest BCUT2D eigenvalue weighted by Crippen LogP contribution is 2.30. The molecule has 0 aliphatic carbocycles. The Balaban J connectivity index is 0.000000252. The molecule has 0 atom stereocenters. The Morgan fingerprint density at radius 2 is 0.850 bits per heavy atom. The number of benzene rings is 4. The zero-order valence-electron chi connectivity index (χ0n) is 35.0. The van der Waals surface area contributed by atoms with E-state index in [2.05, 4.69) is 80.5 Å². The molecule has 3 heterocycles. The minimum absolute atomic E-state index is 0.178. The molecule has 6 aromatic rings. The van der Waals surface area contributed by atoms with Crippen molar-refractivity contribution in [2.45, 2.75) is 37.5 Å². The first kappa shape index (κ1) is 45.0. The summed E-state index contributed by atoms with van der Waals surface area (Å²) in [6, 6.07) is 24.4. The van der Waals surface area contributed by atoms with Crippen LogP contribution in [0.5, 0.6) is 0 Å². The van der Waals surface area contributed by atoms with E-state index in [9.17, 15) is 25.9 Å². The van der Waals surface area contributed by atoms with Crippen LogP contribution in [0.2, 0.25) is 0 Å². The number of rotatable bonds is 8. The Labute approximate surface area is 351 Å². The van der Waals surface area contributed by atoms with Crippen LogP contribution in [0.4, 0.5) is 34.6 Å². The van der Waals surface area contributed by atoms with E-state index in [1.54, 1.807) is 24.3 Å². The molecule has 0 spiro atoms. The lowest BCUT2D eigenvalue weighted by atomic mass is 10.1. The van der Waals surface area contributed by atoms with Crippen LogP contribution in [-0.2, 0) is 48.4 Å². The molecule has 0 N–H and O–H groups in total. The summed E-state index contributed by atoms with van der Waals surface area (Å²) in [5.41, 5.74) is 8.33. The molecular weight excluding hydrogens is 805 g/mol. The van der Waals surface area contributed by atoms with Gasteiger partial charge in [-0.1, -0.05) is 45.6 Å². The first-order valence-electron chi connectivity index (χ1n) is 18.9. The molecule has 0 radical (unpaired) electrons. The maximum atomic E-state index is 10.4. The average Bonchev–Trinajstić information content (AvgIpc) is 3.70. The van der Waals surface area contributed by atoms with Gasteiger partial charge in [-0.3, -0.25) is 0 Å². The third kappa shape index (κ3) is 12.0. The summed E-state index contributed by atoms with van der Waals surface area (Å²) in [6.45, 7) is 11.7. The zero-order chi connectivity index (χ0) is 43.8. The van der Waals surface area contributed by atoms with Gasteiger partial charge in [0.15, 0.2) is 0 Å². The molecule has 1 fully saturated rings. The highest BCUT2D eigenvalue weighted by Gasteiger charge is 2.20. The number of azo groups is 2. The number of imidazole rings is 2. The second-order valence-electron chi connectivity index (χ2n) is 14.5. The van der Waals surface area contributed by atoms with Crippen LogP contribution < -0.4 is 18.9 Å². The number of hydrogen-bond donors (Lipinski definition) is 0. The SMILES string of the molecule is Cc1cc(N2CCN(c3ccc(N=Nc4n(C)cc[n+]4C)c(C)c3)CC2)ccc1N=Nc1n(C)cc[n+]1C.Cc1ccc(S(=O)(=O)[O-])cc1.Cc1ccc(S(=O)(=O)[O-])cc1. The minimum atomic E-state index is -4.27. The number of aryl methyl sites for hydroxylation is 8. The monoisotopic (exact) mass is 854 g/mol. The van der Waals surface area contributed by atoms with Crippen molar-refractivity contribution in [3.8, 4) is 0 Å². The standard InChI is InChI=1S/C28H36N10.2C7H8O3S/c1-21-19-23(7-9-25(21)29-31-27-33(3)11-12-34(27)4)37-15-17-38(18-16-37)24-8-10-26(22(2)20-24)30-32-28-35(5)13-14-36(28)6;2*1-6-2-4-7(5-3-6)11(8,9)10/h7-14,19-20H,15-18H2,1-6H3;2*2-5H,1H3,(H,8,9,10)/q+2;;/p-2. The lowest BCUT2D eigenvalue weighted by molar-refractivity contribution is -0.657. The van der Waals surface area contributed by atoms with Gasteiger partial charge in [0.25, 0.3) is 0 Å². The highest BCUT2D eigenvalue weighted by atomic mass is 32.2. The Kier molecular flexibility index (Phi) is 14.5. The van der Waals surface area contributed by atoms with Crippen LogP contribution in [0.3, 0.4) is 0 Å². The summed E-state index contributed by atoms with van der Waals surface area (Å²) in [7, 11) is -0.663. The van der Waals surface area contributed by atoms with Crippen LogP contribution in [0, 0.1) is 27.7 Å². The molecule has 60 heavy (non-hydrogen) atoms. The van der Waals surface area contributed by atoms with Crippen LogP contribution >= 0.6 is 0 Å². The van der Waals surface area contributed by atoms with E-state index in [1.807, 2.05) is 85.1 Å². The van der Waals surface area contributed by atoms with Crippen molar-refractivity contribution in [1.29, 1.82) is 0 Å². The van der Waals surface area contributed by atoms with Crippen molar-refractivity contribution in [2.24, 2.45) is 48.6 Å². The Morgan fingerprint density at radius 3 is 1.12 bits per heavy atom. The van der Waals surface area contributed by atoms with Crippen LogP contribution in [-0.4, -0.2) is 61.3 Å². The molecule has 18 heteroatoms. The summed E-state index contributed by atoms with van der Waals surface area (Å²) in [6.07, 6.45) is 7.88. The molecule has 2 aromatic heterocycles. The van der Waals surface area contributed by atoms with Gasteiger partial charge in [0.1, 0.15) is 31.6 Å². The van der Waals surface area contributed by atoms with Crippen molar-refractivity contribution in [1.82, 2.24) is 9.13 Å². The van der Waals surface area contributed by atoms with Gasteiger partial charge in [0.2, 0.25) is 0 Å². The third-order valence-corrected chi connectivity index (χ3v) is 11.5. The quantitative estimate of drug-likeness (QED) is 0.0932. The molecule has 0 unspecified atom stereocenters. The highest BCUT2D eigenvalue weighted by molar-refractivity contribution is 7.86. The molecule has 7 rings (SSSR count). The normalized spacial score (nSPS) is 13.3. The topological polar surface area (TPSA) is 188 Å². The Bertz CT molecular complexity index is 2480. The molecular formula is C42H50N10O6S2. The summed E-state index contributed by atoms with van der Waals surface area (Å²) in [4.78, 5) is 4.53. The number of piperazine rings is 1. The van der Waals surface area contributed by atoms with E-state index in [-0.39, 0.29) is 9.79 Å². The van der Waals surface area contributed by atoms with Gasteiger partial charge in [-0.05, 0) is 99.5 Å². The van der Waals surface area contributed by atoms with Crippen LogP contribution in [0.1, 0.15) is 22.3 Å². The summed E-state index contributed by atoms with van der Waals surface area (Å²) >= 11 is 0. The van der Waals surface area contributed by atoms with Gasteiger partial charge in [-0.25, -0.2) is 35.1 Å². The maximum absolute atomic E-state index is 10.4. The van der Waals surface area contributed by atoms with E-state index in [1.165, 1.54) is 35.6 Å². The van der Waals surface area contributed by atoms with E-state index in [0.29, 0.717) is 0 Å². The minimum Gasteiger partial charge on any atom is -0.744 e. The fourth-order valence-corrected chi connectivity index (χ4v) is 7.11. The van der Waals surface area contributed by atoms with Crippen molar-refractivity contribution in [3.05, 3.63) is 132 Å². The van der Waals surface area contributed by atoms with Gasteiger partial charge in [0, 0.05) is 47.8 Å². The van der Waals surface area contributed by atoms with Gasteiger partial charge in [-0.15, -0.1) is 0 Å². The van der Waals surface area contributed by atoms with E-state index in [0.717, 1.165) is 71.7 Å². The van der Waals surface area contributed by atoms with Crippen molar-refractivity contribution >= 4 is 54.9 Å². The van der Waals surface area contributed by atoms with Crippen molar-refractivity contribution in [3.63, 3.8) is 0 Å². The molecule has 1 aliphatic heterocycles. The molecule has 0 amide bonds. The Morgan fingerprint density at radius 1 is 0.517 bits per heavy atom. The largest absolute Gasteiger partial charge is 0.744 e. The van der Waals surface area contributed by atoms with E-state index in [4.69, 9.17) is 0 Å². The van der Waals surface area contributed by atoms with Crippen LogP contribution in [0.15, 0.2) is 140 Å². The summed E-state index contributed by atoms with van der Waals surface area (Å²) in [5, 5.41) is 17.9. The lowest BCUT2D eigenvalue weighted by Crippen LogP contribution is -2.46. The fraction of sp³-hybridized carbons (Fsp3) is 0.286. The molecule has 4 aromatic carbocycles. The summed E-state index contributed by atoms with van der Waals surface area (Å²) in [5.74, 6) is 1.61. The van der Waals surface area contributed by atoms with Gasteiger partial charge >= 0.3 is 11.9 Å². The molecule has 1 saturated heterocycles. The van der Waals surface area contributed by atoms with Gasteiger partial charge < -0.3 is 18.9 Å². The predicted molar refractivity (Wildman–Crippen MR) is 227 cm³/mol. The molecule has 0 saturated carbocycles. The second kappa shape index (κ2) is 19.3. The van der Waals surface area contributed by atoms with E-state index >= 15 is 0 Å². The van der Waals surface area contributed by atoms with Gasteiger partial charge in [-0.2, -0.15) is 0 Å². The Hall–Kier alpha value is -6.08. The lowest BCUT2D eigenvalue weighted by Gasteiger charge is -2.37. The van der Waals surface area contributed by atoms with Gasteiger partial charge in [0.05, 0.1) is 62.8 Å². The maximum Gasteiger partial charge on any atom is 0.421 e. The first-order chi connectivity index (χ1) is 28.3. The molecule has 1 aliphatic rings. The molecule has 316 valence electrons.